The zero-order valence-corrected chi connectivity index (χ0v) is 15.0. The summed E-state index contributed by atoms with van der Waals surface area (Å²) >= 11 is 0. The molecule has 4 heteroatoms. The van der Waals surface area contributed by atoms with Gasteiger partial charge in [-0.15, -0.1) is 0 Å². The number of piperidine rings is 3. The van der Waals surface area contributed by atoms with Crippen LogP contribution in [0.2, 0.25) is 0 Å². The van der Waals surface area contributed by atoms with E-state index in [2.05, 4.69) is 17.0 Å². The van der Waals surface area contributed by atoms with Crippen LogP contribution in [-0.2, 0) is 16.0 Å². The van der Waals surface area contributed by atoms with Gasteiger partial charge in [0.2, 0.25) is 0 Å². The van der Waals surface area contributed by atoms with Crippen LogP contribution < -0.4 is 0 Å². The van der Waals surface area contributed by atoms with Gasteiger partial charge in [-0.05, 0) is 61.2 Å². The fraction of sp³-hybridized carbons (Fsp3) is 0.364. The first-order chi connectivity index (χ1) is 12.7. The number of carbonyl (C=O) groups excluding carboxylic acids is 2. The number of Topliss-reactive ketones (excluding diaryl/α,β-unsaturated/α-hetero) is 1. The van der Waals surface area contributed by atoms with E-state index in [0.717, 1.165) is 43.5 Å². The van der Waals surface area contributed by atoms with Crippen molar-refractivity contribution in [3.63, 3.8) is 0 Å². The molecule has 2 bridgehead atoms. The van der Waals surface area contributed by atoms with Crippen LogP contribution in [0.3, 0.4) is 0 Å². The lowest BCUT2D eigenvalue weighted by Crippen LogP contribution is -2.56. The Balaban J connectivity index is 1.61. The van der Waals surface area contributed by atoms with Gasteiger partial charge in [0, 0.05) is 5.92 Å². The molecular weight excluding hydrogens is 326 g/mol. The van der Waals surface area contributed by atoms with Crippen molar-refractivity contribution in [2.24, 2.45) is 5.92 Å². The summed E-state index contributed by atoms with van der Waals surface area (Å²) < 4.78 is 4.76. The summed E-state index contributed by atoms with van der Waals surface area (Å²) in [5.74, 6) is 0.344. The molecule has 2 aromatic rings. The molecule has 3 heterocycles. The topological polar surface area (TPSA) is 46.6 Å². The minimum absolute atomic E-state index is 0.0120. The van der Waals surface area contributed by atoms with Crippen LogP contribution in [0.5, 0.6) is 0 Å². The highest BCUT2D eigenvalue weighted by Gasteiger charge is 2.40. The Labute approximate surface area is 153 Å². The van der Waals surface area contributed by atoms with Crippen molar-refractivity contribution in [2.45, 2.75) is 25.3 Å². The van der Waals surface area contributed by atoms with Gasteiger partial charge in [0.1, 0.15) is 0 Å². The third-order valence-corrected chi connectivity index (χ3v) is 5.75. The molecule has 134 valence electrons. The van der Waals surface area contributed by atoms with Crippen LogP contribution in [-0.4, -0.2) is 42.9 Å². The summed E-state index contributed by atoms with van der Waals surface area (Å²) in [6.45, 7) is 2.08. The fourth-order valence-corrected chi connectivity index (χ4v) is 4.27. The average molecular weight is 349 g/mol. The molecule has 26 heavy (non-hydrogen) atoms. The van der Waals surface area contributed by atoms with Crippen LogP contribution in [0.15, 0.2) is 48.5 Å². The summed E-state index contributed by atoms with van der Waals surface area (Å²) in [4.78, 5) is 26.7. The Morgan fingerprint density at radius 1 is 1.08 bits per heavy atom. The van der Waals surface area contributed by atoms with Gasteiger partial charge in [-0.1, -0.05) is 36.4 Å². The first-order valence-electron chi connectivity index (χ1n) is 9.22. The third kappa shape index (κ3) is 3.06. The van der Waals surface area contributed by atoms with Crippen molar-refractivity contribution < 1.29 is 14.3 Å². The van der Waals surface area contributed by atoms with Crippen LogP contribution in [0.4, 0.5) is 0 Å². The zero-order valence-electron chi connectivity index (χ0n) is 15.0. The van der Waals surface area contributed by atoms with Crippen molar-refractivity contribution in [3.8, 4) is 11.1 Å². The van der Waals surface area contributed by atoms with E-state index >= 15 is 0 Å². The second-order valence-electron chi connectivity index (χ2n) is 7.16. The van der Waals surface area contributed by atoms with Crippen molar-refractivity contribution in [2.75, 3.05) is 20.2 Å². The van der Waals surface area contributed by atoms with Gasteiger partial charge in [0.05, 0.1) is 18.7 Å². The van der Waals surface area contributed by atoms with Gasteiger partial charge in [-0.2, -0.15) is 0 Å². The zero-order chi connectivity index (χ0) is 18.1. The van der Waals surface area contributed by atoms with Gasteiger partial charge < -0.3 is 4.74 Å². The highest BCUT2D eigenvalue weighted by molar-refractivity contribution is 5.90. The van der Waals surface area contributed by atoms with E-state index in [-0.39, 0.29) is 17.9 Å². The van der Waals surface area contributed by atoms with E-state index in [1.807, 2.05) is 24.3 Å². The molecular formula is C22H23NO3. The van der Waals surface area contributed by atoms with Crippen LogP contribution in [0.25, 0.3) is 11.1 Å². The van der Waals surface area contributed by atoms with Crippen LogP contribution >= 0.6 is 0 Å². The smallest absolute Gasteiger partial charge is 0.337 e. The molecule has 0 spiro atoms. The maximum absolute atomic E-state index is 12.7. The number of hydrogen-bond acceptors (Lipinski definition) is 4. The molecule has 0 aromatic heterocycles. The van der Waals surface area contributed by atoms with E-state index in [4.69, 9.17) is 4.74 Å². The molecule has 1 atom stereocenters. The number of nitrogens with zero attached hydrogens (tertiary/aromatic N) is 1. The molecule has 0 N–H and O–H groups in total. The van der Waals surface area contributed by atoms with Crippen molar-refractivity contribution in [1.29, 1.82) is 0 Å². The number of methoxy groups -OCH3 is 1. The molecule has 1 unspecified atom stereocenters. The van der Waals surface area contributed by atoms with Gasteiger partial charge in [-0.3, -0.25) is 9.69 Å². The molecule has 0 aliphatic carbocycles. The first kappa shape index (κ1) is 17.0. The molecule has 3 aliphatic rings. The summed E-state index contributed by atoms with van der Waals surface area (Å²) in [5, 5.41) is 0. The predicted octanol–water partition coefficient (Wildman–Crippen LogP) is 3.35. The first-order valence-corrected chi connectivity index (χ1v) is 9.22. The van der Waals surface area contributed by atoms with Crippen molar-refractivity contribution >= 4 is 11.8 Å². The quantitative estimate of drug-likeness (QED) is 0.794. The molecule has 0 saturated carbocycles. The Morgan fingerprint density at radius 2 is 1.77 bits per heavy atom. The largest absolute Gasteiger partial charge is 0.465 e. The molecule has 5 rings (SSSR count). The number of benzene rings is 2. The Hall–Kier alpha value is -2.46. The van der Waals surface area contributed by atoms with E-state index < -0.39 is 0 Å². The van der Waals surface area contributed by atoms with Gasteiger partial charge in [0.25, 0.3) is 0 Å². The Bertz CT molecular complexity index is 820. The molecule has 3 aliphatic heterocycles. The minimum atomic E-state index is -0.332. The summed E-state index contributed by atoms with van der Waals surface area (Å²) in [6.07, 6.45) is 2.79. The number of esters is 1. The fourth-order valence-electron chi connectivity index (χ4n) is 4.27. The predicted molar refractivity (Wildman–Crippen MR) is 100 cm³/mol. The second-order valence-corrected chi connectivity index (χ2v) is 7.16. The number of rotatable bonds is 4. The maximum Gasteiger partial charge on any atom is 0.337 e. The number of ether oxygens (including phenoxy) is 1. The molecule has 3 saturated heterocycles. The van der Waals surface area contributed by atoms with Crippen molar-refractivity contribution in [1.82, 2.24) is 4.90 Å². The minimum Gasteiger partial charge on any atom is -0.465 e. The molecule has 0 radical (unpaired) electrons. The lowest BCUT2D eigenvalue weighted by Gasteiger charge is -2.44. The lowest BCUT2D eigenvalue weighted by atomic mass is 9.79. The van der Waals surface area contributed by atoms with E-state index in [0.29, 0.717) is 11.3 Å². The van der Waals surface area contributed by atoms with Crippen molar-refractivity contribution in [3.05, 3.63) is 59.7 Å². The SMILES string of the molecule is COC(=O)c1ccc(-c2ccccc2CC2C(=O)C3CCN2CC3)cc1. The molecule has 3 fully saturated rings. The monoisotopic (exact) mass is 349 g/mol. The highest BCUT2D eigenvalue weighted by Crippen LogP contribution is 2.33. The number of ketones is 1. The van der Waals surface area contributed by atoms with Crippen LogP contribution in [0.1, 0.15) is 28.8 Å². The second kappa shape index (κ2) is 7.04. The maximum atomic E-state index is 12.7. The van der Waals surface area contributed by atoms with E-state index in [1.54, 1.807) is 12.1 Å². The van der Waals surface area contributed by atoms with E-state index in [9.17, 15) is 9.59 Å². The van der Waals surface area contributed by atoms with Gasteiger partial charge in [0.15, 0.2) is 5.78 Å². The number of carbonyl (C=O) groups is 2. The van der Waals surface area contributed by atoms with Crippen LogP contribution in [0, 0.1) is 5.92 Å². The average Bonchev–Trinajstić information content (AvgIpc) is 2.71. The summed E-state index contributed by atoms with van der Waals surface area (Å²) in [6, 6.07) is 15.7. The summed E-state index contributed by atoms with van der Waals surface area (Å²) in [7, 11) is 1.38. The normalized spacial score (nSPS) is 24.5. The number of hydrogen-bond donors (Lipinski definition) is 0. The molecule has 0 amide bonds. The number of fused-ring (bicyclic) bond motifs is 3. The Morgan fingerprint density at radius 3 is 2.42 bits per heavy atom. The lowest BCUT2D eigenvalue weighted by molar-refractivity contribution is -0.136. The summed E-state index contributed by atoms with van der Waals surface area (Å²) in [5.41, 5.74) is 3.90. The Kier molecular flexibility index (Phi) is 4.60. The van der Waals surface area contributed by atoms with Gasteiger partial charge in [-0.25, -0.2) is 4.79 Å². The standard InChI is InChI=1S/C22H23NO3/c1-26-22(25)17-8-6-15(7-9-17)19-5-3-2-4-18(19)14-20-21(24)16-10-12-23(20)13-11-16/h2-9,16,20H,10-14H2,1H3. The molecule has 4 nitrogen and oxygen atoms in total. The van der Waals surface area contributed by atoms with Gasteiger partial charge >= 0.3 is 5.97 Å². The third-order valence-electron chi connectivity index (χ3n) is 5.75. The highest BCUT2D eigenvalue weighted by atomic mass is 16.5. The van der Waals surface area contributed by atoms with E-state index in [1.165, 1.54) is 12.7 Å². The molecule has 2 aromatic carbocycles.